The molecule has 17 heavy (non-hydrogen) atoms. The number of nitrogens with zero attached hydrogens (tertiary/aromatic N) is 1. The third-order valence-electron chi connectivity index (χ3n) is 3.95. The highest BCUT2D eigenvalue weighted by Gasteiger charge is 2.38. The third-order valence-corrected chi connectivity index (χ3v) is 3.95. The molecule has 1 aromatic carbocycles. The Bertz CT molecular complexity index is 454. The number of isocyanates is 1. The molecule has 0 amide bonds. The van der Waals surface area contributed by atoms with E-state index in [0.29, 0.717) is 0 Å². The summed E-state index contributed by atoms with van der Waals surface area (Å²) in [5, 5.41) is 0. The Morgan fingerprint density at radius 2 is 1.94 bits per heavy atom. The summed E-state index contributed by atoms with van der Waals surface area (Å²) >= 11 is 0. The van der Waals surface area contributed by atoms with Gasteiger partial charge in [-0.05, 0) is 48.8 Å². The van der Waals surface area contributed by atoms with E-state index in [1.807, 2.05) is 0 Å². The zero-order valence-corrected chi connectivity index (χ0v) is 10.6. The maximum Gasteiger partial charge on any atom is 0.235 e. The lowest BCUT2D eigenvalue weighted by Crippen LogP contribution is -2.32. The van der Waals surface area contributed by atoms with Crippen LogP contribution in [0.15, 0.2) is 23.2 Å². The largest absolute Gasteiger partial charge is 0.235 e. The molecule has 0 atom stereocenters. The lowest BCUT2D eigenvalue weighted by Gasteiger charge is -2.37. The Labute approximate surface area is 103 Å². The van der Waals surface area contributed by atoms with Crippen molar-refractivity contribution in [2.75, 3.05) is 0 Å². The number of carbonyl (C=O) groups excluding carboxylic acids is 1. The smallest absolute Gasteiger partial charge is 0.211 e. The molecule has 2 heteroatoms. The molecule has 0 heterocycles. The van der Waals surface area contributed by atoms with Crippen LogP contribution in [0.25, 0.3) is 0 Å². The molecule has 90 valence electrons. The van der Waals surface area contributed by atoms with Crippen molar-refractivity contribution in [3.63, 3.8) is 0 Å². The minimum Gasteiger partial charge on any atom is -0.211 e. The van der Waals surface area contributed by atoms with Crippen molar-refractivity contribution in [3.05, 3.63) is 34.9 Å². The van der Waals surface area contributed by atoms with Crippen LogP contribution < -0.4 is 0 Å². The summed E-state index contributed by atoms with van der Waals surface area (Å²) in [6, 6.07) is 6.56. The van der Waals surface area contributed by atoms with Crippen molar-refractivity contribution >= 4 is 6.08 Å². The molecule has 0 spiro atoms. The van der Waals surface area contributed by atoms with Gasteiger partial charge in [-0.1, -0.05) is 32.0 Å². The number of aryl methyl sites for hydroxylation is 2. The molecule has 0 aliphatic heterocycles. The summed E-state index contributed by atoms with van der Waals surface area (Å²) in [6.07, 6.45) is 6.97. The van der Waals surface area contributed by atoms with Gasteiger partial charge in [0.1, 0.15) is 0 Å². The zero-order chi connectivity index (χ0) is 12.3. The maximum absolute atomic E-state index is 10.6. The van der Waals surface area contributed by atoms with Crippen molar-refractivity contribution in [2.45, 2.75) is 51.5 Å². The van der Waals surface area contributed by atoms with E-state index in [9.17, 15) is 4.79 Å². The Balaban J connectivity index is 2.42. The van der Waals surface area contributed by atoms with E-state index < -0.39 is 0 Å². The molecule has 1 saturated carbocycles. The minimum atomic E-state index is -0.252. The summed E-state index contributed by atoms with van der Waals surface area (Å²) in [7, 11) is 0. The Morgan fingerprint density at radius 1 is 1.24 bits per heavy atom. The first-order valence-electron chi connectivity index (χ1n) is 6.47. The number of hydrogen-bond donors (Lipinski definition) is 0. The molecule has 2 rings (SSSR count). The predicted molar refractivity (Wildman–Crippen MR) is 68.8 cm³/mol. The quantitative estimate of drug-likeness (QED) is 0.573. The monoisotopic (exact) mass is 229 g/mol. The van der Waals surface area contributed by atoms with Gasteiger partial charge in [-0.25, -0.2) is 4.79 Å². The first-order chi connectivity index (χ1) is 8.25. The standard InChI is InChI=1S/C15H19NO/c1-3-12-6-7-14(10-13(12)4-2)15(16-11-17)8-5-9-15/h6-7,10H,3-5,8-9H2,1-2H3. The average Bonchev–Trinajstić information content (AvgIpc) is 2.33. The van der Waals surface area contributed by atoms with Crippen LogP contribution in [0.4, 0.5) is 0 Å². The molecule has 0 radical (unpaired) electrons. The van der Waals surface area contributed by atoms with E-state index in [4.69, 9.17) is 0 Å². The highest BCUT2D eigenvalue weighted by Crippen LogP contribution is 2.45. The maximum atomic E-state index is 10.6. The van der Waals surface area contributed by atoms with Crippen molar-refractivity contribution in [1.29, 1.82) is 0 Å². The van der Waals surface area contributed by atoms with Crippen LogP contribution in [-0.4, -0.2) is 6.08 Å². The SMILES string of the molecule is CCc1ccc(C2(N=C=O)CCC2)cc1CC. The van der Waals surface area contributed by atoms with E-state index in [0.717, 1.165) is 32.1 Å². The van der Waals surface area contributed by atoms with Crippen LogP contribution in [0.2, 0.25) is 0 Å². The summed E-state index contributed by atoms with van der Waals surface area (Å²) in [5.41, 5.74) is 3.73. The molecule has 0 unspecified atom stereocenters. The van der Waals surface area contributed by atoms with E-state index >= 15 is 0 Å². The summed E-state index contributed by atoms with van der Waals surface area (Å²) < 4.78 is 0. The van der Waals surface area contributed by atoms with E-state index in [-0.39, 0.29) is 5.54 Å². The Kier molecular flexibility index (Phi) is 3.44. The molecular formula is C15H19NO. The van der Waals surface area contributed by atoms with Gasteiger partial charge in [-0.3, -0.25) is 0 Å². The lowest BCUT2D eigenvalue weighted by molar-refractivity contribution is 0.256. The fraction of sp³-hybridized carbons (Fsp3) is 0.533. The topological polar surface area (TPSA) is 29.4 Å². The van der Waals surface area contributed by atoms with E-state index in [1.54, 1.807) is 6.08 Å². The summed E-state index contributed by atoms with van der Waals surface area (Å²) in [5.74, 6) is 0. The molecule has 1 fully saturated rings. The molecule has 0 N–H and O–H groups in total. The fourth-order valence-electron chi connectivity index (χ4n) is 2.65. The highest BCUT2D eigenvalue weighted by molar-refractivity contribution is 5.42. The van der Waals surface area contributed by atoms with Crippen molar-refractivity contribution in [2.24, 2.45) is 4.99 Å². The first kappa shape index (κ1) is 12.1. The predicted octanol–water partition coefficient (Wildman–Crippen LogP) is 3.53. The van der Waals surface area contributed by atoms with Crippen molar-refractivity contribution < 1.29 is 4.79 Å². The normalized spacial score (nSPS) is 17.1. The number of benzene rings is 1. The lowest BCUT2D eigenvalue weighted by atomic mass is 9.71. The van der Waals surface area contributed by atoms with Crippen LogP contribution in [-0.2, 0) is 23.2 Å². The molecule has 1 aromatic rings. The van der Waals surface area contributed by atoms with Gasteiger partial charge in [0.05, 0.1) is 5.54 Å². The zero-order valence-electron chi connectivity index (χ0n) is 10.6. The second-order valence-electron chi connectivity index (χ2n) is 4.78. The third kappa shape index (κ3) is 2.05. The molecule has 0 saturated heterocycles. The van der Waals surface area contributed by atoms with Crippen LogP contribution in [0.3, 0.4) is 0 Å². The van der Waals surface area contributed by atoms with Gasteiger partial charge in [-0.2, -0.15) is 4.99 Å². The average molecular weight is 229 g/mol. The second kappa shape index (κ2) is 4.85. The molecule has 2 nitrogen and oxygen atoms in total. The summed E-state index contributed by atoms with van der Waals surface area (Å²) in [4.78, 5) is 14.6. The molecule has 0 bridgehead atoms. The van der Waals surface area contributed by atoms with E-state index in [1.165, 1.54) is 16.7 Å². The van der Waals surface area contributed by atoms with Gasteiger partial charge < -0.3 is 0 Å². The van der Waals surface area contributed by atoms with Crippen LogP contribution >= 0.6 is 0 Å². The van der Waals surface area contributed by atoms with Gasteiger partial charge in [0, 0.05) is 0 Å². The first-order valence-corrected chi connectivity index (χ1v) is 6.47. The van der Waals surface area contributed by atoms with Gasteiger partial charge in [0.25, 0.3) is 0 Å². The number of aliphatic imine (C=N–C) groups is 1. The number of rotatable bonds is 4. The summed E-state index contributed by atoms with van der Waals surface area (Å²) in [6.45, 7) is 4.35. The van der Waals surface area contributed by atoms with Gasteiger partial charge in [0.15, 0.2) is 0 Å². The van der Waals surface area contributed by atoms with Crippen LogP contribution in [0.1, 0.15) is 49.8 Å². The van der Waals surface area contributed by atoms with E-state index in [2.05, 4.69) is 37.0 Å². The fourth-order valence-corrected chi connectivity index (χ4v) is 2.65. The highest BCUT2D eigenvalue weighted by atomic mass is 16.1. The van der Waals surface area contributed by atoms with Crippen molar-refractivity contribution in [3.8, 4) is 0 Å². The second-order valence-corrected chi connectivity index (χ2v) is 4.78. The molecule has 1 aliphatic carbocycles. The van der Waals surface area contributed by atoms with Gasteiger partial charge in [-0.15, -0.1) is 0 Å². The van der Waals surface area contributed by atoms with Crippen LogP contribution in [0.5, 0.6) is 0 Å². The molecular weight excluding hydrogens is 210 g/mol. The minimum absolute atomic E-state index is 0.252. The van der Waals surface area contributed by atoms with Gasteiger partial charge in [0.2, 0.25) is 6.08 Å². The van der Waals surface area contributed by atoms with Gasteiger partial charge >= 0.3 is 0 Å². The number of hydrogen-bond acceptors (Lipinski definition) is 2. The van der Waals surface area contributed by atoms with Crippen molar-refractivity contribution in [1.82, 2.24) is 0 Å². The van der Waals surface area contributed by atoms with Crippen LogP contribution in [0, 0.1) is 0 Å². The Hall–Kier alpha value is -1.40. The molecule has 0 aromatic heterocycles. The Morgan fingerprint density at radius 3 is 2.41 bits per heavy atom. The molecule has 1 aliphatic rings.